The van der Waals surface area contributed by atoms with Crippen LogP contribution in [0.25, 0.3) is 5.82 Å². The summed E-state index contributed by atoms with van der Waals surface area (Å²) >= 11 is 0. The Bertz CT molecular complexity index is 862. The van der Waals surface area contributed by atoms with Crippen molar-refractivity contribution >= 4 is 11.6 Å². The van der Waals surface area contributed by atoms with E-state index in [2.05, 4.69) is 20.4 Å². The van der Waals surface area contributed by atoms with E-state index in [1.807, 2.05) is 0 Å². The summed E-state index contributed by atoms with van der Waals surface area (Å²) in [4.78, 5) is 19.9. The lowest BCUT2D eigenvalue weighted by atomic mass is 10.3. The van der Waals surface area contributed by atoms with E-state index in [9.17, 15) is 14.3 Å². The topological polar surface area (TPSA) is 113 Å². The van der Waals surface area contributed by atoms with Gasteiger partial charge in [0.05, 0.1) is 30.4 Å². The van der Waals surface area contributed by atoms with Gasteiger partial charge in [0.25, 0.3) is 5.91 Å². The molecule has 0 aliphatic carbocycles. The number of halogens is 1. The van der Waals surface area contributed by atoms with E-state index in [1.165, 1.54) is 12.3 Å². The molecule has 9 heteroatoms. The number of carbonyl (C=O) groups excluding carboxylic acids is 1. The molecular formula is C15H12FN5O3. The number of aromatic hydroxyl groups is 1. The van der Waals surface area contributed by atoms with Crippen LogP contribution in [0.3, 0.4) is 0 Å². The molecule has 122 valence electrons. The van der Waals surface area contributed by atoms with E-state index in [0.29, 0.717) is 11.4 Å². The number of hydrogen-bond acceptors (Lipinski definition) is 6. The van der Waals surface area contributed by atoms with E-state index in [-0.39, 0.29) is 24.0 Å². The molecule has 0 aliphatic heterocycles. The summed E-state index contributed by atoms with van der Waals surface area (Å²) in [6.07, 6.45) is 2.37. The summed E-state index contributed by atoms with van der Waals surface area (Å²) in [7, 11) is 0. The number of pyridine rings is 2. The van der Waals surface area contributed by atoms with Crippen LogP contribution in [0.2, 0.25) is 0 Å². The number of amides is 1. The molecule has 1 amide bonds. The minimum absolute atomic E-state index is 0.0511. The molecule has 0 radical (unpaired) electrons. The Morgan fingerprint density at radius 3 is 2.67 bits per heavy atom. The Kier molecular flexibility index (Phi) is 4.17. The molecule has 3 heterocycles. The first-order chi connectivity index (χ1) is 11.6. The monoisotopic (exact) mass is 329 g/mol. The van der Waals surface area contributed by atoms with Crippen molar-refractivity contribution in [2.75, 3.05) is 5.32 Å². The van der Waals surface area contributed by atoms with Gasteiger partial charge in [-0.05, 0) is 24.3 Å². The van der Waals surface area contributed by atoms with Crippen LogP contribution in [0.1, 0.15) is 16.2 Å². The number of nitrogens with zero attached hydrogens (tertiary/aromatic N) is 4. The van der Waals surface area contributed by atoms with Crippen molar-refractivity contribution in [3.8, 4) is 11.7 Å². The third-order valence-electron chi connectivity index (χ3n) is 3.10. The molecule has 0 saturated heterocycles. The van der Waals surface area contributed by atoms with Crippen molar-refractivity contribution in [3.63, 3.8) is 0 Å². The molecule has 3 aromatic heterocycles. The number of aliphatic hydroxyl groups is 1. The Morgan fingerprint density at radius 1 is 1.21 bits per heavy atom. The van der Waals surface area contributed by atoms with Crippen molar-refractivity contribution in [2.45, 2.75) is 6.61 Å². The van der Waals surface area contributed by atoms with Crippen LogP contribution in [-0.2, 0) is 6.61 Å². The molecule has 3 rings (SSSR count). The molecule has 0 atom stereocenters. The third kappa shape index (κ3) is 3.20. The first-order valence-electron chi connectivity index (χ1n) is 6.85. The van der Waals surface area contributed by atoms with Crippen molar-refractivity contribution < 1.29 is 19.4 Å². The maximum absolute atomic E-state index is 12.9. The number of aromatic nitrogens is 4. The highest BCUT2D eigenvalue weighted by Gasteiger charge is 2.16. The maximum atomic E-state index is 12.9. The molecule has 0 bridgehead atoms. The predicted octanol–water partition coefficient (Wildman–Crippen LogP) is 1.25. The maximum Gasteiger partial charge on any atom is 0.276 e. The van der Waals surface area contributed by atoms with Crippen molar-refractivity contribution in [1.82, 2.24) is 19.7 Å². The van der Waals surface area contributed by atoms with E-state index in [1.54, 1.807) is 12.1 Å². The van der Waals surface area contributed by atoms with Gasteiger partial charge in [-0.3, -0.25) is 9.78 Å². The van der Waals surface area contributed by atoms with Crippen molar-refractivity contribution in [3.05, 3.63) is 59.9 Å². The first-order valence-corrected chi connectivity index (χ1v) is 6.85. The molecule has 0 saturated carbocycles. The van der Waals surface area contributed by atoms with Crippen molar-refractivity contribution in [1.29, 1.82) is 0 Å². The lowest BCUT2D eigenvalue weighted by molar-refractivity contribution is 0.102. The van der Waals surface area contributed by atoms with Gasteiger partial charge in [0.2, 0.25) is 5.88 Å². The number of nitrogens with one attached hydrogen (secondary N) is 1. The lowest BCUT2D eigenvalue weighted by Gasteiger charge is -2.03. The fraction of sp³-hybridized carbons (Fsp3) is 0.0667. The van der Waals surface area contributed by atoms with Gasteiger partial charge in [-0.2, -0.15) is 9.78 Å². The smallest absolute Gasteiger partial charge is 0.276 e. The van der Waals surface area contributed by atoms with Crippen LogP contribution >= 0.6 is 0 Å². The largest absolute Gasteiger partial charge is 0.493 e. The molecule has 0 aliphatic rings. The highest BCUT2D eigenvalue weighted by molar-refractivity contribution is 6.03. The molecule has 0 aromatic carbocycles. The van der Waals surface area contributed by atoms with Crippen LogP contribution in [0.5, 0.6) is 5.88 Å². The zero-order valence-corrected chi connectivity index (χ0v) is 12.2. The predicted molar refractivity (Wildman–Crippen MR) is 81.1 cm³/mol. The first kappa shape index (κ1) is 15.6. The van der Waals surface area contributed by atoms with Crippen LogP contribution < -0.4 is 5.32 Å². The van der Waals surface area contributed by atoms with Gasteiger partial charge in [-0.15, -0.1) is 0 Å². The van der Waals surface area contributed by atoms with Crippen LogP contribution in [-0.4, -0.2) is 35.9 Å². The third-order valence-corrected chi connectivity index (χ3v) is 3.10. The van der Waals surface area contributed by atoms with E-state index in [4.69, 9.17) is 5.11 Å². The Morgan fingerprint density at radius 2 is 2.04 bits per heavy atom. The average molecular weight is 329 g/mol. The van der Waals surface area contributed by atoms with Gasteiger partial charge in [-0.1, -0.05) is 0 Å². The van der Waals surface area contributed by atoms with Gasteiger partial charge in [-0.25, -0.2) is 9.37 Å². The van der Waals surface area contributed by atoms with Crippen LogP contribution in [0, 0.1) is 5.82 Å². The van der Waals surface area contributed by atoms with Gasteiger partial charge in [0, 0.05) is 6.07 Å². The van der Waals surface area contributed by atoms with Gasteiger partial charge in [0.1, 0.15) is 5.82 Å². The molecular weight excluding hydrogens is 317 g/mol. The summed E-state index contributed by atoms with van der Waals surface area (Å²) in [6, 6.07) is 6.79. The minimum atomic E-state index is -0.565. The van der Waals surface area contributed by atoms with E-state index in [0.717, 1.165) is 23.0 Å². The van der Waals surface area contributed by atoms with E-state index >= 15 is 0 Å². The zero-order valence-electron chi connectivity index (χ0n) is 12.2. The SMILES string of the molecule is O=C(Nc1ccc(CO)nc1)c1cc(O)n(-c2ccc(F)cn2)n1. The molecule has 0 fully saturated rings. The second kappa shape index (κ2) is 6.42. The summed E-state index contributed by atoms with van der Waals surface area (Å²) in [5.41, 5.74) is 0.827. The highest BCUT2D eigenvalue weighted by Crippen LogP contribution is 2.18. The Labute approximate surface area is 135 Å². The standard InChI is InChI=1S/C15H12FN5O3/c16-9-1-4-13(18-6-9)21-14(23)5-12(20-21)15(24)19-10-2-3-11(8-22)17-7-10/h1-7,22-23H,8H2,(H,19,24). The average Bonchev–Trinajstić information content (AvgIpc) is 2.98. The molecule has 3 aromatic rings. The fourth-order valence-electron chi connectivity index (χ4n) is 1.93. The molecule has 0 spiro atoms. The van der Waals surface area contributed by atoms with Gasteiger partial charge >= 0.3 is 0 Å². The van der Waals surface area contributed by atoms with Crippen molar-refractivity contribution in [2.24, 2.45) is 0 Å². The molecule has 3 N–H and O–H groups in total. The number of hydrogen-bond donors (Lipinski definition) is 3. The quantitative estimate of drug-likeness (QED) is 0.664. The Hall–Kier alpha value is -3.33. The summed E-state index contributed by atoms with van der Waals surface area (Å²) in [6.45, 7) is -0.197. The van der Waals surface area contributed by atoms with Gasteiger partial charge in [0.15, 0.2) is 11.5 Å². The second-order valence-corrected chi connectivity index (χ2v) is 4.78. The summed E-state index contributed by atoms with van der Waals surface area (Å²) in [5, 5.41) is 25.3. The number of anilines is 1. The molecule has 0 unspecified atom stereocenters. The lowest BCUT2D eigenvalue weighted by Crippen LogP contribution is -2.13. The Balaban J connectivity index is 1.80. The van der Waals surface area contributed by atoms with Gasteiger partial charge < -0.3 is 15.5 Å². The number of carbonyl (C=O) groups is 1. The summed E-state index contributed by atoms with van der Waals surface area (Å²) < 4.78 is 13.9. The second-order valence-electron chi connectivity index (χ2n) is 4.78. The highest BCUT2D eigenvalue weighted by atomic mass is 19.1. The zero-order chi connectivity index (χ0) is 17.1. The molecule has 24 heavy (non-hydrogen) atoms. The normalized spacial score (nSPS) is 10.6. The number of rotatable bonds is 4. The fourth-order valence-corrected chi connectivity index (χ4v) is 1.93. The van der Waals surface area contributed by atoms with Crippen LogP contribution in [0.15, 0.2) is 42.7 Å². The summed E-state index contributed by atoms with van der Waals surface area (Å²) in [5.74, 6) is -1.23. The van der Waals surface area contributed by atoms with Crippen LogP contribution in [0.4, 0.5) is 10.1 Å². The minimum Gasteiger partial charge on any atom is -0.493 e. The number of aliphatic hydroxyl groups excluding tert-OH is 1. The van der Waals surface area contributed by atoms with E-state index < -0.39 is 11.7 Å². The molecule has 8 nitrogen and oxygen atoms in total.